The average molecular weight is 286 g/mol. The second kappa shape index (κ2) is 7.31. The van der Waals surface area contributed by atoms with E-state index in [-0.39, 0.29) is 11.8 Å². The van der Waals surface area contributed by atoms with Crippen molar-refractivity contribution in [3.63, 3.8) is 0 Å². The maximum atomic E-state index is 11.6. The Bertz CT molecular complexity index is 368. The second-order valence-corrected chi connectivity index (χ2v) is 5.31. The summed E-state index contributed by atoms with van der Waals surface area (Å²) in [6.07, 6.45) is 3.74. The van der Waals surface area contributed by atoms with E-state index in [4.69, 9.17) is 0 Å². The van der Waals surface area contributed by atoms with Crippen LogP contribution >= 0.6 is 0 Å². The predicted octanol–water partition coefficient (Wildman–Crippen LogP) is 0.226. The summed E-state index contributed by atoms with van der Waals surface area (Å²) < 4.78 is 0. The Balaban J connectivity index is 3.46. The van der Waals surface area contributed by atoms with Gasteiger partial charge in [-0.1, -0.05) is 33.4 Å². The van der Waals surface area contributed by atoms with Gasteiger partial charge in [0, 0.05) is 5.92 Å². The minimum absolute atomic E-state index is 0.0872. The van der Waals surface area contributed by atoms with E-state index in [0.29, 0.717) is 12.8 Å². The Kier molecular flexibility index (Phi) is 6.32. The van der Waals surface area contributed by atoms with Crippen LogP contribution < -0.4 is 10.5 Å². The summed E-state index contributed by atoms with van der Waals surface area (Å²) in [6, 6.07) is -1.78. The summed E-state index contributed by atoms with van der Waals surface area (Å²) in [5.74, 6) is -0.0638. The van der Waals surface area contributed by atoms with E-state index in [1.807, 2.05) is 20.8 Å². The third-order valence-corrected chi connectivity index (χ3v) is 4.55. The molecule has 0 aromatic heterocycles. The largest absolute Gasteiger partial charge is 0.600 e. The van der Waals surface area contributed by atoms with Gasteiger partial charge in [-0.15, -0.1) is 0 Å². The van der Waals surface area contributed by atoms with Crippen LogP contribution in [0, 0.1) is 22.3 Å². The molecule has 4 N–H and O–H groups in total. The lowest BCUT2D eigenvalue weighted by atomic mass is 9.67. The fourth-order valence-corrected chi connectivity index (χ4v) is 3.76. The van der Waals surface area contributed by atoms with Crippen molar-refractivity contribution in [1.82, 2.24) is 0 Å². The number of hydrogen-bond acceptors (Lipinski definition) is 4. The molecule has 1 aliphatic carbocycles. The molecule has 0 heterocycles. The van der Waals surface area contributed by atoms with Gasteiger partial charge in [0.15, 0.2) is 12.1 Å². The highest BCUT2D eigenvalue weighted by Gasteiger charge is 2.49. The Morgan fingerprint density at radius 3 is 2.05 bits per heavy atom. The van der Waals surface area contributed by atoms with Crippen LogP contribution in [0.3, 0.4) is 0 Å². The van der Waals surface area contributed by atoms with Gasteiger partial charge in [-0.3, -0.25) is 0 Å². The highest BCUT2D eigenvalue weighted by atomic mass is 16.8. The molecule has 0 fully saturated rings. The van der Waals surface area contributed by atoms with Gasteiger partial charge in [0.25, 0.3) is 0 Å². The normalized spacial score (nSPS) is 34.0. The van der Waals surface area contributed by atoms with Crippen molar-refractivity contribution in [3.05, 3.63) is 34.2 Å². The summed E-state index contributed by atoms with van der Waals surface area (Å²) in [5.41, 5.74) is 1.68. The van der Waals surface area contributed by atoms with Gasteiger partial charge in [-0.2, -0.15) is 0 Å². The molecule has 0 radical (unpaired) electrons. The molecule has 6 heteroatoms. The van der Waals surface area contributed by atoms with E-state index in [1.54, 1.807) is 6.08 Å². The zero-order valence-corrected chi connectivity index (χ0v) is 12.4. The number of allylic oxidation sites excluding steroid dienone is 2. The van der Waals surface area contributed by atoms with Crippen molar-refractivity contribution in [1.29, 1.82) is 0 Å². The van der Waals surface area contributed by atoms with E-state index < -0.39 is 22.5 Å². The van der Waals surface area contributed by atoms with Gasteiger partial charge in [0.1, 0.15) is 0 Å². The van der Waals surface area contributed by atoms with Crippen molar-refractivity contribution >= 4 is 0 Å². The van der Waals surface area contributed by atoms with Crippen molar-refractivity contribution in [2.45, 2.75) is 52.1 Å². The maximum absolute atomic E-state index is 11.6. The van der Waals surface area contributed by atoms with Gasteiger partial charge in [0.2, 0.25) is 0 Å². The minimum atomic E-state index is -1.04. The van der Waals surface area contributed by atoms with Gasteiger partial charge in [0.05, 0.1) is 0 Å². The van der Waals surface area contributed by atoms with Crippen LogP contribution in [-0.4, -0.2) is 22.5 Å². The Morgan fingerprint density at radius 2 is 1.75 bits per heavy atom. The summed E-state index contributed by atoms with van der Waals surface area (Å²) in [5, 5.41) is 40.3. The summed E-state index contributed by atoms with van der Waals surface area (Å²) >= 11 is 0. The number of rotatable bonds is 6. The number of quaternary nitrogens is 2. The van der Waals surface area contributed by atoms with E-state index >= 15 is 0 Å². The topological polar surface area (TPSA) is 95.5 Å². The zero-order chi connectivity index (χ0) is 15.4. The molecule has 0 bridgehead atoms. The molecule has 116 valence electrons. The first-order valence-corrected chi connectivity index (χ1v) is 7.25. The minimum Gasteiger partial charge on any atom is -0.600 e. The zero-order valence-electron chi connectivity index (χ0n) is 12.4. The number of nitrogens with one attached hydrogen (secondary N) is 2. The van der Waals surface area contributed by atoms with Crippen molar-refractivity contribution < 1.29 is 20.9 Å². The average Bonchev–Trinajstić information content (AvgIpc) is 2.42. The fraction of sp³-hybridized carbons (Fsp3) is 0.714. The smallest absolute Gasteiger partial charge is 0.195 e. The van der Waals surface area contributed by atoms with E-state index in [1.165, 1.54) is 0 Å². The van der Waals surface area contributed by atoms with Gasteiger partial charge < -0.3 is 10.4 Å². The Hall–Kier alpha value is -0.760. The molecular formula is C14H26N2O4. The molecule has 0 spiro atoms. The van der Waals surface area contributed by atoms with Crippen LogP contribution in [0.25, 0.3) is 0 Å². The molecule has 0 saturated heterocycles. The van der Waals surface area contributed by atoms with Crippen LogP contribution in [0.5, 0.6) is 0 Å². The molecule has 6 unspecified atom stereocenters. The third-order valence-electron chi connectivity index (χ3n) is 4.55. The lowest BCUT2D eigenvalue weighted by molar-refractivity contribution is -1.13. The standard InChI is InChI=1S/C14H26N2O4/c1-5-9-10(6-2)12(8-4)14(16(19)20)13(15(17)18)11(9)7-3/h5,10,12-17,19H,1,6-8H2,2-4H3. The molecule has 6 atom stereocenters. The predicted molar refractivity (Wildman–Crippen MR) is 74.9 cm³/mol. The molecular weight excluding hydrogens is 260 g/mol. The molecule has 0 saturated carbocycles. The second-order valence-electron chi connectivity index (χ2n) is 5.31. The summed E-state index contributed by atoms with van der Waals surface area (Å²) in [6.45, 7) is 9.64. The fourth-order valence-electron chi connectivity index (χ4n) is 3.76. The molecule has 0 aliphatic heterocycles. The van der Waals surface area contributed by atoms with Crippen LogP contribution in [0.4, 0.5) is 0 Å². The lowest BCUT2D eigenvalue weighted by Gasteiger charge is -2.46. The van der Waals surface area contributed by atoms with Crippen molar-refractivity contribution in [3.8, 4) is 0 Å². The Labute approximate surface area is 120 Å². The first-order valence-electron chi connectivity index (χ1n) is 7.25. The molecule has 20 heavy (non-hydrogen) atoms. The maximum Gasteiger partial charge on any atom is 0.195 e. The van der Waals surface area contributed by atoms with Crippen LogP contribution in [0.2, 0.25) is 0 Å². The first kappa shape index (κ1) is 17.3. The van der Waals surface area contributed by atoms with Gasteiger partial charge in [-0.05, 0) is 36.3 Å². The molecule has 0 aromatic rings. The van der Waals surface area contributed by atoms with E-state index in [9.17, 15) is 20.8 Å². The monoisotopic (exact) mass is 286 g/mol. The van der Waals surface area contributed by atoms with Crippen LogP contribution in [0.1, 0.15) is 40.0 Å². The van der Waals surface area contributed by atoms with Crippen LogP contribution in [-0.2, 0) is 0 Å². The van der Waals surface area contributed by atoms with E-state index in [0.717, 1.165) is 17.6 Å². The summed E-state index contributed by atoms with van der Waals surface area (Å²) in [7, 11) is 0. The molecule has 1 aliphatic rings. The van der Waals surface area contributed by atoms with E-state index in [2.05, 4.69) is 6.58 Å². The SMILES string of the molecule is C=CC1=C(CC)C([NH+]([O-])O)C([NH+]([O-])O)C(CC)C1CC. The first-order chi connectivity index (χ1) is 9.44. The summed E-state index contributed by atoms with van der Waals surface area (Å²) in [4.78, 5) is 0. The van der Waals surface area contributed by atoms with Gasteiger partial charge >= 0.3 is 0 Å². The van der Waals surface area contributed by atoms with Gasteiger partial charge in [-0.25, -0.2) is 20.9 Å². The Morgan fingerprint density at radius 1 is 1.15 bits per heavy atom. The van der Waals surface area contributed by atoms with Crippen molar-refractivity contribution in [2.24, 2.45) is 11.8 Å². The van der Waals surface area contributed by atoms with Crippen LogP contribution in [0.15, 0.2) is 23.8 Å². The van der Waals surface area contributed by atoms with Crippen molar-refractivity contribution in [2.75, 3.05) is 0 Å². The quantitative estimate of drug-likeness (QED) is 0.526. The highest BCUT2D eigenvalue weighted by Crippen LogP contribution is 2.38. The number of hydrogen-bond donors (Lipinski definition) is 4. The molecule has 0 amide bonds. The molecule has 6 nitrogen and oxygen atoms in total. The third kappa shape index (κ3) is 2.95. The number of hydroxylamine groups is 4. The highest BCUT2D eigenvalue weighted by molar-refractivity contribution is 5.34. The lowest BCUT2D eigenvalue weighted by Crippen LogP contribution is -3.21. The molecule has 0 aromatic carbocycles. The molecule has 1 rings (SSSR count).